The topological polar surface area (TPSA) is 72.6 Å². The number of non-ortho nitro benzene ring substituents is 1. The Kier molecular flexibility index (Phi) is 3.14. The quantitative estimate of drug-likeness (QED) is 0.676. The molecule has 5 heteroatoms. The minimum absolute atomic E-state index is 0.0723. The summed E-state index contributed by atoms with van der Waals surface area (Å²) in [5, 5.41) is 23.4. The molecule has 1 heterocycles. The minimum Gasteiger partial charge on any atom is -0.489 e. The maximum atomic E-state index is 11.5. The van der Waals surface area contributed by atoms with Gasteiger partial charge in [0.25, 0.3) is 5.69 Å². The fourth-order valence-electron chi connectivity index (χ4n) is 3.22. The Bertz CT molecular complexity index is 793. The first kappa shape index (κ1) is 14.8. The molecule has 1 unspecified atom stereocenters. The van der Waals surface area contributed by atoms with Gasteiger partial charge in [0, 0.05) is 11.5 Å². The van der Waals surface area contributed by atoms with E-state index in [1.807, 2.05) is 26.0 Å². The third-order valence-electron chi connectivity index (χ3n) is 4.33. The number of benzene rings is 2. The fraction of sp³-hybridized carbons (Fsp3) is 0.412. The van der Waals surface area contributed by atoms with Crippen molar-refractivity contribution in [2.24, 2.45) is 0 Å². The second-order valence-corrected chi connectivity index (χ2v) is 6.47. The van der Waals surface area contributed by atoms with Gasteiger partial charge in [-0.05, 0) is 36.5 Å². The van der Waals surface area contributed by atoms with Crippen molar-refractivity contribution < 1.29 is 14.8 Å². The summed E-state index contributed by atoms with van der Waals surface area (Å²) >= 11 is 0. The molecule has 0 radical (unpaired) electrons. The molecule has 3 rings (SSSR count). The number of hydrogen-bond acceptors (Lipinski definition) is 4. The molecule has 1 N–H and O–H groups in total. The van der Waals surface area contributed by atoms with Crippen LogP contribution in [0.4, 0.5) is 5.69 Å². The zero-order valence-electron chi connectivity index (χ0n) is 13.1. The number of aryl methyl sites for hydroxylation is 1. The number of ether oxygens (including phenoxy) is 1. The van der Waals surface area contributed by atoms with Gasteiger partial charge in [-0.3, -0.25) is 10.1 Å². The molecule has 22 heavy (non-hydrogen) atoms. The average Bonchev–Trinajstić information content (AvgIpc) is 2.43. The molecule has 1 aliphatic heterocycles. The highest BCUT2D eigenvalue weighted by Crippen LogP contribution is 2.47. The first-order valence-electron chi connectivity index (χ1n) is 7.34. The Labute approximate surface area is 128 Å². The van der Waals surface area contributed by atoms with Crippen molar-refractivity contribution in [1.82, 2.24) is 0 Å². The molecular weight excluding hydrogens is 282 g/mol. The zero-order chi connectivity index (χ0) is 16.2. The Morgan fingerprint density at radius 3 is 2.64 bits per heavy atom. The van der Waals surface area contributed by atoms with Crippen LogP contribution in [0.2, 0.25) is 0 Å². The maximum absolute atomic E-state index is 11.5. The van der Waals surface area contributed by atoms with Gasteiger partial charge in [-0.15, -0.1) is 0 Å². The molecular formula is C17H19NO4. The summed E-state index contributed by atoms with van der Waals surface area (Å²) in [6, 6.07) is 5.31. The van der Waals surface area contributed by atoms with Crippen molar-refractivity contribution in [1.29, 1.82) is 0 Å². The number of nitro benzene ring substituents is 1. The molecule has 0 bridgehead atoms. The molecule has 0 aliphatic carbocycles. The van der Waals surface area contributed by atoms with E-state index >= 15 is 0 Å². The van der Waals surface area contributed by atoms with E-state index in [1.165, 1.54) is 0 Å². The Morgan fingerprint density at radius 1 is 1.36 bits per heavy atom. The summed E-state index contributed by atoms with van der Waals surface area (Å²) in [5.74, 6) is 0.778. The van der Waals surface area contributed by atoms with Crippen molar-refractivity contribution in [3.05, 3.63) is 45.0 Å². The summed E-state index contributed by atoms with van der Waals surface area (Å²) in [6.07, 6.45) is 0. The highest BCUT2D eigenvalue weighted by molar-refractivity contribution is 6.02. The molecule has 1 aliphatic rings. The summed E-state index contributed by atoms with van der Waals surface area (Å²) in [7, 11) is 0. The predicted molar refractivity (Wildman–Crippen MR) is 84.5 cm³/mol. The number of nitrogens with zero attached hydrogens (tertiary/aromatic N) is 1. The first-order valence-corrected chi connectivity index (χ1v) is 7.34. The molecule has 2 aromatic carbocycles. The number of aliphatic hydroxyl groups is 1. The third kappa shape index (κ3) is 1.96. The van der Waals surface area contributed by atoms with Crippen LogP contribution in [0.1, 0.15) is 43.4 Å². The van der Waals surface area contributed by atoms with Crippen LogP contribution in [0.5, 0.6) is 5.75 Å². The minimum atomic E-state index is -1.15. The molecule has 1 atom stereocenters. The molecule has 0 saturated carbocycles. The SMILES string of the molecule is Cc1cc([N+](=O)[O-])c2c(C(C)C)ccc3c2c1OCC3(C)O. The molecule has 0 fully saturated rings. The summed E-state index contributed by atoms with van der Waals surface area (Å²) < 4.78 is 5.74. The molecule has 0 spiro atoms. The van der Waals surface area contributed by atoms with Gasteiger partial charge in [-0.25, -0.2) is 0 Å². The molecule has 2 aromatic rings. The van der Waals surface area contributed by atoms with Gasteiger partial charge in [0.1, 0.15) is 18.0 Å². The number of hydrogen-bond donors (Lipinski definition) is 1. The molecule has 0 saturated heterocycles. The van der Waals surface area contributed by atoms with Crippen LogP contribution in [0.15, 0.2) is 18.2 Å². The monoisotopic (exact) mass is 301 g/mol. The maximum Gasteiger partial charge on any atom is 0.278 e. The van der Waals surface area contributed by atoms with Crippen LogP contribution in [0.3, 0.4) is 0 Å². The van der Waals surface area contributed by atoms with Crippen LogP contribution in [-0.2, 0) is 5.60 Å². The van der Waals surface area contributed by atoms with Crippen molar-refractivity contribution >= 4 is 16.5 Å². The van der Waals surface area contributed by atoms with Gasteiger partial charge >= 0.3 is 0 Å². The second kappa shape index (κ2) is 4.68. The predicted octanol–water partition coefficient (Wildman–Crippen LogP) is 3.78. The van der Waals surface area contributed by atoms with Crippen LogP contribution in [-0.4, -0.2) is 16.6 Å². The van der Waals surface area contributed by atoms with E-state index in [0.29, 0.717) is 22.1 Å². The molecule has 0 amide bonds. The van der Waals surface area contributed by atoms with E-state index in [1.54, 1.807) is 19.9 Å². The van der Waals surface area contributed by atoms with Gasteiger partial charge in [0.2, 0.25) is 0 Å². The lowest BCUT2D eigenvalue weighted by Gasteiger charge is -2.32. The molecule has 0 aromatic heterocycles. The van der Waals surface area contributed by atoms with Crippen molar-refractivity contribution in [3.63, 3.8) is 0 Å². The Hall–Kier alpha value is -2.14. The Balaban J connectivity index is 2.57. The van der Waals surface area contributed by atoms with Crippen LogP contribution >= 0.6 is 0 Å². The van der Waals surface area contributed by atoms with E-state index in [-0.39, 0.29) is 23.1 Å². The first-order chi connectivity index (χ1) is 10.2. The average molecular weight is 301 g/mol. The van der Waals surface area contributed by atoms with Gasteiger partial charge in [0.05, 0.1) is 10.3 Å². The van der Waals surface area contributed by atoms with Crippen LogP contribution in [0.25, 0.3) is 10.8 Å². The van der Waals surface area contributed by atoms with Crippen molar-refractivity contribution in [2.45, 2.75) is 39.2 Å². The summed E-state index contributed by atoms with van der Waals surface area (Å²) in [4.78, 5) is 11.2. The standard InChI is InChI=1S/C17H19NO4/c1-9(2)11-5-6-12-15-14(11)13(18(20)21)7-10(3)16(15)22-8-17(12,4)19/h5-7,9,19H,8H2,1-4H3. The molecule has 116 valence electrons. The highest BCUT2D eigenvalue weighted by atomic mass is 16.6. The van der Waals surface area contributed by atoms with E-state index in [9.17, 15) is 15.2 Å². The van der Waals surface area contributed by atoms with E-state index in [2.05, 4.69) is 0 Å². The summed E-state index contributed by atoms with van der Waals surface area (Å²) in [6.45, 7) is 7.63. The van der Waals surface area contributed by atoms with Crippen molar-refractivity contribution in [2.75, 3.05) is 6.61 Å². The van der Waals surface area contributed by atoms with Gasteiger partial charge < -0.3 is 9.84 Å². The number of nitro groups is 1. The fourth-order valence-corrected chi connectivity index (χ4v) is 3.22. The van der Waals surface area contributed by atoms with Gasteiger partial charge in [0.15, 0.2) is 0 Å². The normalized spacial score (nSPS) is 20.3. The second-order valence-electron chi connectivity index (χ2n) is 6.47. The smallest absolute Gasteiger partial charge is 0.278 e. The van der Waals surface area contributed by atoms with E-state index in [0.717, 1.165) is 11.1 Å². The van der Waals surface area contributed by atoms with E-state index < -0.39 is 5.60 Å². The lowest BCUT2D eigenvalue weighted by molar-refractivity contribution is -0.383. The van der Waals surface area contributed by atoms with Gasteiger partial charge in [-0.2, -0.15) is 0 Å². The van der Waals surface area contributed by atoms with Crippen LogP contribution < -0.4 is 4.74 Å². The Morgan fingerprint density at radius 2 is 2.05 bits per heavy atom. The van der Waals surface area contributed by atoms with Crippen LogP contribution in [0, 0.1) is 17.0 Å². The molecule has 5 nitrogen and oxygen atoms in total. The van der Waals surface area contributed by atoms with E-state index in [4.69, 9.17) is 4.74 Å². The lowest BCUT2D eigenvalue weighted by Crippen LogP contribution is -2.33. The van der Waals surface area contributed by atoms with Gasteiger partial charge in [-0.1, -0.05) is 26.0 Å². The summed E-state index contributed by atoms with van der Waals surface area (Å²) in [5.41, 5.74) is 1.23. The zero-order valence-corrected chi connectivity index (χ0v) is 13.1. The number of rotatable bonds is 2. The third-order valence-corrected chi connectivity index (χ3v) is 4.33. The highest BCUT2D eigenvalue weighted by Gasteiger charge is 2.36. The lowest BCUT2D eigenvalue weighted by atomic mass is 9.83. The van der Waals surface area contributed by atoms with Crippen molar-refractivity contribution in [3.8, 4) is 5.75 Å². The largest absolute Gasteiger partial charge is 0.489 e.